The molecule has 2 aromatic rings. The van der Waals surface area contributed by atoms with Crippen LogP contribution in [0.25, 0.3) is 0 Å². The van der Waals surface area contributed by atoms with Crippen molar-refractivity contribution < 1.29 is 4.79 Å². The number of tetrazole rings is 1. The number of halogens is 1. The number of amides is 1. The van der Waals surface area contributed by atoms with E-state index >= 15 is 0 Å². The normalized spacial score (nSPS) is 12.4. The topological polar surface area (TPSA) is 72.7 Å². The van der Waals surface area contributed by atoms with Gasteiger partial charge in [0.1, 0.15) is 0 Å². The maximum Gasteiger partial charge on any atom is 0.230 e. The minimum absolute atomic E-state index is 0.0395. The maximum absolute atomic E-state index is 12.1. The molecule has 0 spiro atoms. The molecule has 1 amide bonds. The number of carbonyl (C=O) groups is 1. The van der Waals surface area contributed by atoms with Gasteiger partial charge in [-0.3, -0.25) is 4.79 Å². The summed E-state index contributed by atoms with van der Waals surface area (Å²) >= 11 is 4.74. The first-order chi connectivity index (χ1) is 10.5. The highest BCUT2D eigenvalue weighted by Crippen LogP contribution is 2.19. The van der Waals surface area contributed by atoms with Gasteiger partial charge in [-0.15, -0.1) is 5.10 Å². The molecule has 0 radical (unpaired) electrons. The van der Waals surface area contributed by atoms with Crippen molar-refractivity contribution in [1.29, 1.82) is 0 Å². The molecular weight excluding hydrogens is 366 g/mol. The highest BCUT2D eigenvalue weighted by Gasteiger charge is 2.14. The molecule has 1 atom stereocenters. The number of rotatable bonds is 6. The van der Waals surface area contributed by atoms with Crippen LogP contribution in [0.1, 0.15) is 38.4 Å². The zero-order valence-electron chi connectivity index (χ0n) is 12.7. The van der Waals surface area contributed by atoms with E-state index in [2.05, 4.69) is 36.8 Å². The van der Waals surface area contributed by atoms with Crippen molar-refractivity contribution in [2.24, 2.45) is 0 Å². The van der Waals surface area contributed by atoms with Crippen molar-refractivity contribution >= 4 is 33.6 Å². The molecule has 0 saturated heterocycles. The number of nitrogens with one attached hydrogen (secondary N) is 1. The van der Waals surface area contributed by atoms with Crippen LogP contribution in [-0.4, -0.2) is 31.9 Å². The van der Waals surface area contributed by atoms with E-state index in [4.69, 9.17) is 0 Å². The number of thioether (sulfide) groups is 1. The number of hydrogen-bond acceptors (Lipinski definition) is 5. The smallest absolute Gasteiger partial charge is 0.230 e. The van der Waals surface area contributed by atoms with Crippen LogP contribution in [-0.2, 0) is 4.79 Å². The number of hydrogen-bond donors (Lipinski definition) is 1. The van der Waals surface area contributed by atoms with E-state index < -0.39 is 0 Å². The number of carbonyl (C=O) groups excluding carboxylic acids is 1. The lowest BCUT2D eigenvalue weighted by Gasteiger charge is -2.14. The van der Waals surface area contributed by atoms with Crippen LogP contribution in [0.5, 0.6) is 0 Å². The summed E-state index contributed by atoms with van der Waals surface area (Å²) in [6.07, 6.45) is 0. The summed E-state index contributed by atoms with van der Waals surface area (Å²) in [5.74, 6) is 0.243. The highest BCUT2D eigenvalue weighted by molar-refractivity contribution is 9.10. The summed E-state index contributed by atoms with van der Waals surface area (Å²) < 4.78 is 2.72. The SMILES string of the molecule is CC(NC(=O)CSc1nnnn1C(C)C)c1ccc(Br)cc1. The standard InChI is InChI=1S/C14H18BrN5OS/c1-9(2)20-14(17-18-19-20)22-8-13(21)16-10(3)11-4-6-12(15)7-5-11/h4-7,9-10H,8H2,1-3H3,(H,16,21). The molecule has 0 aliphatic carbocycles. The first kappa shape index (κ1) is 17.0. The molecule has 1 heterocycles. The van der Waals surface area contributed by atoms with Gasteiger partial charge in [0.05, 0.1) is 17.8 Å². The molecule has 2 rings (SSSR count). The zero-order valence-corrected chi connectivity index (χ0v) is 15.1. The van der Waals surface area contributed by atoms with Crippen LogP contribution < -0.4 is 5.32 Å². The Morgan fingerprint density at radius 1 is 1.32 bits per heavy atom. The predicted molar refractivity (Wildman–Crippen MR) is 89.6 cm³/mol. The fraction of sp³-hybridized carbons (Fsp3) is 0.429. The van der Waals surface area contributed by atoms with Gasteiger partial charge in [0.25, 0.3) is 0 Å². The Morgan fingerprint density at radius 2 is 2.00 bits per heavy atom. The summed E-state index contributed by atoms with van der Waals surface area (Å²) in [6.45, 7) is 5.95. The number of nitrogens with zero attached hydrogens (tertiary/aromatic N) is 4. The minimum Gasteiger partial charge on any atom is -0.349 e. The van der Waals surface area contributed by atoms with Crippen LogP contribution in [0.2, 0.25) is 0 Å². The Hall–Kier alpha value is -1.41. The van der Waals surface area contributed by atoms with Gasteiger partial charge in [-0.25, -0.2) is 4.68 Å². The molecule has 1 unspecified atom stereocenters. The van der Waals surface area contributed by atoms with E-state index in [0.29, 0.717) is 5.16 Å². The van der Waals surface area contributed by atoms with E-state index in [9.17, 15) is 4.79 Å². The summed E-state index contributed by atoms with van der Waals surface area (Å²) in [7, 11) is 0. The fourth-order valence-electron chi connectivity index (χ4n) is 1.85. The Labute approximate surface area is 142 Å². The molecule has 1 N–H and O–H groups in total. The lowest BCUT2D eigenvalue weighted by molar-refractivity contribution is -0.119. The second kappa shape index (κ2) is 7.73. The summed E-state index contributed by atoms with van der Waals surface area (Å²) in [5, 5.41) is 15.1. The second-order valence-electron chi connectivity index (χ2n) is 5.13. The number of benzene rings is 1. The van der Waals surface area contributed by atoms with Crippen molar-refractivity contribution in [2.75, 3.05) is 5.75 Å². The molecule has 0 aliphatic rings. The highest BCUT2D eigenvalue weighted by atomic mass is 79.9. The van der Waals surface area contributed by atoms with Crippen LogP contribution in [0, 0.1) is 0 Å². The second-order valence-corrected chi connectivity index (χ2v) is 6.99. The van der Waals surface area contributed by atoms with Crippen LogP contribution in [0.3, 0.4) is 0 Å². The third-order valence-corrected chi connectivity index (χ3v) is 4.49. The first-order valence-corrected chi connectivity index (χ1v) is 8.70. The molecule has 0 aliphatic heterocycles. The molecule has 22 heavy (non-hydrogen) atoms. The molecular formula is C14H18BrN5OS. The quantitative estimate of drug-likeness (QED) is 0.776. The van der Waals surface area contributed by atoms with Crippen LogP contribution in [0.15, 0.2) is 33.9 Å². The van der Waals surface area contributed by atoms with Crippen LogP contribution >= 0.6 is 27.7 Å². The van der Waals surface area contributed by atoms with E-state index in [-0.39, 0.29) is 23.7 Å². The largest absolute Gasteiger partial charge is 0.349 e. The van der Waals surface area contributed by atoms with Crippen LogP contribution in [0.4, 0.5) is 0 Å². The average Bonchev–Trinajstić information content (AvgIpc) is 2.94. The van der Waals surface area contributed by atoms with E-state index in [1.165, 1.54) is 11.8 Å². The Bertz CT molecular complexity index is 628. The number of aromatic nitrogens is 4. The van der Waals surface area contributed by atoms with Gasteiger partial charge >= 0.3 is 0 Å². The van der Waals surface area contributed by atoms with Crippen molar-refractivity contribution in [2.45, 2.75) is 38.0 Å². The van der Waals surface area contributed by atoms with E-state index in [0.717, 1.165) is 10.0 Å². The first-order valence-electron chi connectivity index (χ1n) is 6.93. The molecule has 0 bridgehead atoms. The lowest BCUT2D eigenvalue weighted by Crippen LogP contribution is -2.28. The van der Waals surface area contributed by atoms with Gasteiger partial charge in [-0.05, 0) is 48.9 Å². The molecule has 8 heteroatoms. The molecule has 0 fully saturated rings. The molecule has 1 aromatic carbocycles. The van der Waals surface area contributed by atoms with Crippen molar-refractivity contribution in [1.82, 2.24) is 25.5 Å². The minimum atomic E-state index is -0.0428. The van der Waals surface area contributed by atoms with Crippen molar-refractivity contribution in [3.63, 3.8) is 0 Å². The Kier molecular flexibility index (Phi) is 5.96. The van der Waals surface area contributed by atoms with Crippen molar-refractivity contribution in [3.05, 3.63) is 34.3 Å². The monoisotopic (exact) mass is 383 g/mol. The third-order valence-electron chi connectivity index (χ3n) is 3.03. The molecule has 118 valence electrons. The van der Waals surface area contributed by atoms with E-state index in [1.54, 1.807) is 4.68 Å². The predicted octanol–water partition coefficient (Wildman–Crippen LogP) is 2.99. The van der Waals surface area contributed by atoms with Gasteiger partial charge < -0.3 is 5.32 Å². The Balaban J connectivity index is 1.87. The van der Waals surface area contributed by atoms with Gasteiger partial charge in [-0.2, -0.15) is 0 Å². The third kappa shape index (κ3) is 4.54. The molecule has 1 aromatic heterocycles. The summed E-state index contributed by atoms with van der Waals surface area (Å²) in [4.78, 5) is 12.1. The van der Waals surface area contributed by atoms with Gasteiger partial charge in [-0.1, -0.05) is 39.8 Å². The summed E-state index contributed by atoms with van der Waals surface area (Å²) in [6, 6.07) is 8.03. The zero-order chi connectivity index (χ0) is 16.1. The lowest BCUT2D eigenvalue weighted by atomic mass is 10.1. The average molecular weight is 384 g/mol. The molecule has 6 nitrogen and oxygen atoms in total. The van der Waals surface area contributed by atoms with Gasteiger partial charge in [0.15, 0.2) is 0 Å². The Morgan fingerprint density at radius 3 is 2.64 bits per heavy atom. The molecule has 0 saturated carbocycles. The fourth-order valence-corrected chi connectivity index (χ4v) is 2.93. The maximum atomic E-state index is 12.1. The summed E-state index contributed by atoms with van der Waals surface area (Å²) in [5.41, 5.74) is 1.06. The van der Waals surface area contributed by atoms with E-state index in [1.807, 2.05) is 45.0 Å². The van der Waals surface area contributed by atoms with Gasteiger partial charge in [0.2, 0.25) is 11.1 Å². The van der Waals surface area contributed by atoms with Gasteiger partial charge in [0, 0.05) is 4.47 Å². The van der Waals surface area contributed by atoms with Crippen molar-refractivity contribution in [3.8, 4) is 0 Å².